The van der Waals surface area contributed by atoms with Crippen molar-refractivity contribution in [2.24, 2.45) is 0 Å². The maximum Gasteiger partial charge on any atom is 0.573 e. The number of ether oxygens (including phenoxy) is 1. The molecule has 2 aromatic carbocycles. The molecule has 0 aliphatic carbocycles. The third-order valence-corrected chi connectivity index (χ3v) is 3.00. The maximum atomic E-state index is 12.3. The van der Waals surface area contributed by atoms with Gasteiger partial charge in [-0.25, -0.2) is 0 Å². The molecule has 0 aliphatic heterocycles. The quantitative estimate of drug-likeness (QED) is 0.825. The van der Waals surface area contributed by atoms with E-state index in [2.05, 4.69) is 4.74 Å². The Bertz CT molecular complexity index is 636. The van der Waals surface area contributed by atoms with Crippen molar-refractivity contribution < 1.29 is 17.9 Å². The van der Waals surface area contributed by atoms with Crippen LogP contribution in [0.5, 0.6) is 5.75 Å². The SMILES string of the molecule is Cc1ccc(-c2cc(N)cc(OC(F)(F)F)c2)cc1C. The van der Waals surface area contributed by atoms with E-state index in [-0.39, 0.29) is 11.4 Å². The second kappa shape index (κ2) is 5.07. The summed E-state index contributed by atoms with van der Waals surface area (Å²) < 4.78 is 40.7. The Hall–Kier alpha value is -2.17. The summed E-state index contributed by atoms with van der Waals surface area (Å²) in [7, 11) is 0. The third kappa shape index (κ3) is 3.44. The molecule has 0 aromatic heterocycles. The zero-order valence-corrected chi connectivity index (χ0v) is 11.1. The Morgan fingerprint density at radius 3 is 2.20 bits per heavy atom. The van der Waals surface area contributed by atoms with Gasteiger partial charge in [0.2, 0.25) is 0 Å². The van der Waals surface area contributed by atoms with Crippen molar-refractivity contribution in [1.82, 2.24) is 0 Å². The molecule has 0 unspecified atom stereocenters. The molecule has 0 radical (unpaired) electrons. The van der Waals surface area contributed by atoms with Crippen LogP contribution < -0.4 is 10.5 Å². The molecule has 5 heteroatoms. The highest BCUT2D eigenvalue weighted by molar-refractivity contribution is 5.70. The van der Waals surface area contributed by atoms with Gasteiger partial charge in [0.15, 0.2) is 0 Å². The fraction of sp³-hybridized carbons (Fsp3) is 0.200. The minimum atomic E-state index is -4.73. The van der Waals surface area contributed by atoms with Gasteiger partial charge in [-0.05, 0) is 48.2 Å². The summed E-state index contributed by atoms with van der Waals surface area (Å²) >= 11 is 0. The van der Waals surface area contributed by atoms with Crippen molar-refractivity contribution in [1.29, 1.82) is 0 Å². The Morgan fingerprint density at radius 2 is 1.60 bits per heavy atom. The van der Waals surface area contributed by atoms with Crippen molar-refractivity contribution in [2.45, 2.75) is 20.2 Å². The molecule has 0 heterocycles. The van der Waals surface area contributed by atoms with E-state index in [1.54, 1.807) is 6.07 Å². The molecule has 0 bridgehead atoms. The van der Waals surface area contributed by atoms with E-state index in [0.29, 0.717) is 5.56 Å². The molecule has 2 N–H and O–H groups in total. The molecule has 2 aromatic rings. The first kappa shape index (κ1) is 14.2. The number of hydrogen-bond acceptors (Lipinski definition) is 2. The minimum absolute atomic E-state index is 0.222. The molecule has 0 spiro atoms. The normalized spacial score (nSPS) is 11.4. The fourth-order valence-electron chi connectivity index (χ4n) is 1.90. The molecule has 0 amide bonds. The van der Waals surface area contributed by atoms with Gasteiger partial charge in [-0.3, -0.25) is 0 Å². The highest BCUT2D eigenvalue weighted by Crippen LogP contribution is 2.31. The molecule has 0 fully saturated rings. The Balaban J connectivity index is 2.43. The topological polar surface area (TPSA) is 35.2 Å². The zero-order chi connectivity index (χ0) is 14.9. The van der Waals surface area contributed by atoms with Crippen LogP contribution in [0.4, 0.5) is 18.9 Å². The standard InChI is InChI=1S/C15H14F3NO/c1-9-3-4-11(5-10(9)2)12-6-13(19)8-14(7-12)20-15(16,17)18/h3-8H,19H2,1-2H3. The van der Waals surface area contributed by atoms with Crippen LogP contribution in [0.25, 0.3) is 11.1 Å². The van der Waals surface area contributed by atoms with Gasteiger partial charge in [0.1, 0.15) is 5.75 Å². The summed E-state index contributed by atoms with van der Waals surface area (Å²) in [4.78, 5) is 0. The van der Waals surface area contributed by atoms with E-state index < -0.39 is 6.36 Å². The van der Waals surface area contributed by atoms with Gasteiger partial charge in [-0.2, -0.15) is 0 Å². The Labute approximate surface area is 115 Å². The minimum Gasteiger partial charge on any atom is -0.406 e. The van der Waals surface area contributed by atoms with Gasteiger partial charge in [0.05, 0.1) is 0 Å². The summed E-state index contributed by atoms with van der Waals surface area (Å²) in [5, 5.41) is 0. The predicted octanol–water partition coefficient (Wildman–Crippen LogP) is 4.45. The highest BCUT2D eigenvalue weighted by atomic mass is 19.4. The number of nitrogens with two attached hydrogens (primary N) is 1. The van der Waals surface area contributed by atoms with Crippen LogP contribution in [-0.2, 0) is 0 Å². The largest absolute Gasteiger partial charge is 0.573 e. The summed E-state index contributed by atoms with van der Waals surface area (Å²) in [5.41, 5.74) is 9.42. The lowest BCUT2D eigenvalue weighted by atomic mass is 10.00. The van der Waals surface area contributed by atoms with Crippen LogP contribution >= 0.6 is 0 Å². The van der Waals surface area contributed by atoms with Crippen LogP contribution in [0.1, 0.15) is 11.1 Å². The zero-order valence-electron chi connectivity index (χ0n) is 11.1. The maximum absolute atomic E-state index is 12.3. The molecule has 106 valence electrons. The number of nitrogen functional groups attached to an aromatic ring is 1. The third-order valence-electron chi connectivity index (χ3n) is 3.00. The molecule has 0 saturated carbocycles. The van der Waals surface area contributed by atoms with Gasteiger partial charge < -0.3 is 10.5 Å². The molecule has 0 aliphatic rings. The number of anilines is 1. The molecular formula is C15H14F3NO. The molecule has 0 saturated heterocycles. The smallest absolute Gasteiger partial charge is 0.406 e. The Morgan fingerprint density at radius 1 is 0.900 bits per heavy atom. The van der Waals surface area contributed by atoms with Gasteiger partial charge in [0.25, 0.3) is 0 Å². The number of alkyl halides is 3. The van der Waals surface area contributed by atoms with E-state index in [1.165, 1.54) is 6.07 Å². The molecular weight excluding hydrogens is 267 g/mol. The summed E-state index contributed by atoms with van der Waals surface area (Å²) in [6.07, 6.45) is -4.73. The van der Waals surface area contributed by atoms with E-state index in [1.807, 2.05) is 32.0 Å². The van der Waals surface area contributed by atoms with Crippen molar-refractivity contribution in [3.05, 3.63) is 47.5 Å². The number of aryl methyl sites for hydroxylation is 2. The Kier molecular flexibility index (Phi) is 3.61. The van der Waals surface area contributed by atoms with Crippen molar-refractivity contribution >= 4 is 5.69 Å². The molecule has 2 nitrogen and oxygen atoms in total. The van der Waals surface area contributed by atoms with Crippen LogP contribution in [0, 0.1) is 13.8 Å². The number of benzene rings is 2. The lowest BCUT2D eigenvalue weighted by Crippen LogP contribution is -2.17. The lowest BCUT2D eigenvalue weighted by molar-refractivity contribution is -0.274. The second-order valence-electron chi connectivity index (χ2n) is 4.64. The molecule has 20 heavy (non-hydrogen) atoms. The average Bonchev–Trinajstić information content (AvgIpc) is 2.29. The van der Waals surface area contributed by atoms with Gasteiger partial charge in [0, 0.05) is 11.8 Å². The van der Waals surface area contributed by atoms with Crippen LogP contribution in [-0.4, -0.2) is 6.36 Å². The van der Waals surface area contributed by atoms with Crippen LogP contribution in [0.3, 0.4) is 0 Å². The average molecular weight is 281 g/mol. The first-order valence-electron chi connectivity index (χ1n) is 5.98. The van der Waals surface area contributed by atoms with Crippen LogP contribution in [0.2, 0.25) is 0 Å². The first-order chi connectivity index (χ1) is 9.24. The number of rotatable bonds is 2. The van der Waals surface area contributed by atoms with Crippen molar-refractivity contribution in [2.75, 3.05) is 5.73 Å². The second-order valence-corrected chi connectivity index (χ2v) is 4.64. The van der Waals surface area contributed by atoms with Crippen LogP contribution in [0.15, 0.2) is 36.4 Å². The summed E-state index contributed by atoms with van der Waals surface area (Å²) in [5.74, 6) is -0.314. The van der Waals surface area contributed by atoms with Gasteiger partial charge in [-0.1, -0.05) is 18.2 Å². The lowest BCUT2D eigenvalue weighted by Gasteiger charge is -2.12. The predicted molar refractivity (Wildman–Crippen MR) is 72.4 cm³/mol. The number of halogens is 3. The van der Waals surface area contributed by atoms with E-state index in [0.717, 1.165) is 22.8 Å². The van der Waals surface area contributed by atoms with Crippen molar-refractivity contribution in [3.8, 4) is 16.9 Å². The fourth-order valence-corrected chi connectivity index (χ4v) is 1.90. The van der Waals surface area contributed by atoms with Gasteiger partial charge >= 0.3 is 6.36 Å². The van der Waals surface area contributed by atoms with Crippen molar-refractivity contribution in [3.63, 3.8) is 0 Å². The molecule has 0 atom stereocenters. The molecule has 2 rings (SSSR count). The first-order valence-corrected chi connectivity index (χ1v) is 5.98. The number of hydrogen-bond donors (Lipinski definition) is 1. The highest BCUT2D eigenvalue weighted by Gasteiger charge is 2.31. The van der Waals surface area contributed by atoms with E-state index in [4.69, 9.17) is 5.73 Å². The van der Waals surface area contributed by atoms with E-state index in [9.17, 15) is 13.2 Å². The monoisotopic (exact) mass is 281 g/mol. The van der Waals surface area contributed by atoms with Gasteiger partial charge in [-0.15, -0.1) is 13.2 Å². The summed E-state index contributed by atoms with van der Waals surface area (Å²) in [6, 6.07) is 9.76. The van der Waals surface area contributed by atoms with E-state index >= 15 is 0 Å². The summed E-state index contributed by atoms with van der Waals surface area (Å²) in [6.45, 7) is 3.91.